The van der Waals surface area contributed by atoms with Crippen molar-refractivity contribution in [3.8, 4) is 16.9 Å². The maximum absolute atomic E-state index is 12.0. The van der Waals surface area contributed by atoms with Crippen LogP contribution in [0.5, 0.6) is 5.75 Å². The summed E-state index contributed by atoms with van der Waals surface area (Å²) in [6.07, 6.45) is 0. The molecular weight excluding hydrogens is 184 g/mol. The van der Waals surface area contributed by atoms with E-state index in [1.54, 1.807) is 0 Å². The minimum atomic E-state index is 0.140. The lowest BCUT2D eigenvalue weighted by Gasteiger charge is -2.07. The zero-order valence-corrected chi connectivity index (χ0v) is 8.95. The third-order valence-electron chi connectivity index (χ3n) is 2.76. The summed E-state index contributed by atoms with van der Waals surface area (Å²) >= 11 is 0. The summed E-state index contributed by atoms with van der Waals surface area (Å²) in [6.45, 7) is 3.84. The van der Waals surface area contributed by atoms with Crippen molar-refractivity contribution in [3.63, 3.8) is 0 Å². The van der Waals surface area contributed by atoms with Gasteiger partial charge in [0.25, 0.3) is 0 Å². The summed E-state index contributed by atoms with van der Waals surface area (Å²) in [5.74, 6) is 0.140. The molecule has 0 aliphatic carbocycles. The van der Waals surface area contributed by atoms with Gasteiger partial charge in [0, 0.05) is 5.56 Å². The van der Waals surface area contributed by atoms with Gasteiger partial charge in [0.1, 0.15) is 0 Å². The second-order valence-electron chi connectivity index (χ2n) is 3.75. The molecule has 15 heavy (non-hydrogen) atoms. The molecular formula is C14H13O. The Hall–Kier alpha value is -1.76. The van der Waals surface area contributed by atoms with Crippen molar-refractivity contribution >= 4 is 0 Å². The molecule has 0 saturated heterocycles. The Labute approximate surface area is 90.0 Å². The highest BCUT2D eigenvalue weighted by Crippen LogP contribution is 2.33. The first kappa shape index (κ1) is 9.78. The highest BCUT2D eigenvalue weighted by Gasteiger charge is 2.09. The molecule has 0 aromatic heterocycles. The lowest BCUT2D eigenvalue weighted by molar-refractivity contribution is 0.353. The third-order valence-corrected chi connectivity index (χ3v) is 2.76. The van der Waals surface area contributed by atoms with E-state index in [0.29, 0.717) is 0 Å². The fraction of sp³-hybridized carbons (Fsp3) is 0.143. The van der Waals surface area contributed by atoms with Crippen LogP contribution in [0.1, 0.15) is 11.1 Å². The zero-order valence-electron chi connectivity index (χ0n) is 8.95. The van der Waals surface area contributed by atoms with E-state index in [1.807, 2.05) is 56.3 Å². The zero-order chi connectivity index (χ0) is 10.8. The number of hydrogen-bond donors (Lipinski definition) is 0. The average Bonchev–Trinajstić information content (AvgIpc) is 2.27. The number of benzene rings is 2. The normalized spacial score (nSPS) is 10.3. The second kappa shape index (κ2) is 3.77. The molecule has 2 rings (SSSR count). The van der Waals surface area contributed by atoms with E-state index < -0.39 is 0 Å². The third kappa shape index (κ3) is 1.73. The predicted octanol–water partition coefficient (Wildman–Crippen LogP) is 4.11. The van der Waals surface area contributed by atoms with Crippen LogP contribution in [0.2, 0.25) is 0 Å². The molecule has 2 aromatic carbocycles. The van der Waals surface area contributed by atoms with Gasteiger partial charge < -0.3 is 0 Å². The van der Waals surface area contributed by atoms with Crippen LogP contribution in [0.15, 0.2) is 42.5 Å². The summed E-state index contributed by atoms with van der Waals surface area (Å²) in [4.78, 5) is 0. The van der Waals surface area contributed by atoms with Crippen molar-refractivity contribution in [3.05, 3.63) is 53.6 Å². The minimum Gasteiger partial charge on any atom is -0.289 e. The monoisotopic (exact) mass is 197 g/mol. The molecule has 0 fully saturated rings. The van der Waals surface area contributed by atoms with Gasteiger partial charge in [0.05, 0.1) is 0 Å². The topological polar surface area (TPSA) is 19.9 Å². The van der Waals surface area contributed by atoms with Gasteiger partial charge in [-0.1, -0.05) is 42.5 Å². The van der Waals surface area contributed by atoms with E-state index in [4.69, 9.17) is 0 Å². The van der Waals surface area contributed by atoms with Crippen LogP contribution in [-0.4, -0.2) is 0 Å². The molecule has 0 saturated carbocycles. The van der Waals surface area contributed by atoms with Gasteiger partial charge in [0.15, 0.2) is 5.75 Å². The molecule has 1 heteroatoms. The van der Waals surface area contributed by atoms with E-state index in [1.165, 1.54) is 0 Å². The van der Waals surface area contributed by atoms with E-state index in [2.05, 4.69) is 0 Å². The van der Waals surface area contributed by atoms with Crippen LogP contribution in [0.3, 0.4) is 0 Å². The number of rotatable bonds is 1. The van der Waals surface area contributed by atoms with Crippen LogP contribution < -0.4 is 0 Å². The predicted molar refractivity (Wildman–Crippen MR) is 61.5 cm³/mol. The lowest BCUT2D eigenvalue weighted by Crippen LogP contribution is -1.85. The van der Waals surface area contributed by atoms with E-state index in [9.17, 15) is 5.11 Å². The molecule has 0 bridgehead atoms. The highest BCUT2D eigenvalue weighted by atomic mass is 16.3. The van der Waals surface area contributed by atoms with Crippen LogP contribution in [0.25, 0.3) is 11.1 Å². The Kier molecular flexibility index (Phi) is 2.46. The van der Waals surface area contributed by atoms with Crippen molar-refractivity contribution in [1.29, 1.82) is 0 Å². The average molecular weight is 197 g/mol. The van der Waals surface area contributed by atoms with Crippen molar-refractivity contribution < 1.29 is 5.11 Å². The summed E-state index contributed by atoms with van der Waals surface area (Å²) in [7, 11) is 0. The summed E-state index contributed by atoms with van der Waals surface area (Å²) in [5, 5.41) is 12.0. The van der Waals surface area contributed by atoms with Gasteiger partial charge >= 0.3 is 0 Å². The lowest BCUT2D eigenvalue weighted by atomic mass is 9.99. The molecule has 0 N–H and O–H groups in total. The van der Waals surface area contributed by atoms with Gasteiger partial charge in [-0.2, -0.15) is 0 Å². The largest absolute Gasteiger partial charge is 0.289 e. The van der Waals surface area contributed by atoms with Gasteiger partial charge in [-0.15, -0.1) is 0 Å². The minimum absolute atomic E-state index is 0.140. The molecule has 2 aromatic rings. The molecule has 0 amide bonds. The number of aryl methyl sites for hydroxylation is 1. The Balaban J connectivity index is 2.60. The van der Waals surface area contributed by atoms with Gasteiger partial charge in [-0.25, -0.2) is 0 Å². The first-order valence-electron chi connectivity index (χ1n) is 5.03. The maximum atomic E-state index is 12.0. The molecule has 75 valence electrons. The summed E-state index contributed by atoms with van der Waals surface area (Å²) in [6, 6.07) is 13.7. The maximum Gasteiger partial charge on any atom is 0.189 e. The van der Waals surface area contributed by atoms with E-state index in [-0.39, 0.29) is 5.75 Å². The SMILES string of the molecule is Cc1ccc(-c2ccccc2)c([O])c1C. The molecule has 0 aliphatic rings. The van der Waals surface area contributed by atoms with E-state index >= 15 is 0 Å². The summed E-state index contributed by atoms with van der Waals surface area (Å²) < 4.78 is 0. The van der Waals surface area contributed by atoms with Gasteiger partial charge in [-0.05, 0) is 30.5 Å². The Morgan fingerprint density at radius 1 is 0.867 bits per heavy atom. The second-order valence-corrected chi connectivity index (χ2v) is 3.75. The first-order valence-corrected chi connectivity index (χ1v) is 5.03. The molecule has 1 radical (unpaired) electrons. The molecule has 0 unspecified atom stereocenters. The number of hydrogen-bond acceptors (Lipinski definition) is 0. The standard InChI is InChI=1S/C14H13O/c1-10-8-9-13(14(15)11(10)2)12-6-4-3-5-7-12/h3-9H,1-2H3. The fourth-order valence-electron chi connectivity index (χ4n) is 1.64. The van der Waals surface area contributed by atoms with Crippen LogP contribution in [0, 0.1) is 13.8 Å². The Morgan fingerprint density at radius 2 is 1.53 bits per heavy atom. The Morgan fingerprint density at radius 3 is 2.20 bits per heavy atom. The van der Waals surface area contributed by atoms with Crippen molar-refractivity contribution in [2.45, 2.75) is 13.8 Å². The smallest absolute Gasteiger partial charge is 0.189 e. The Bertz CT molecular complexity index is 472. The van der Waals surface area contributed by atoms with Crippen molar-refractivity contribution in [1.82, 2.24) is 0 Å². The molecule has 0 spiro atoms. The van der Waals surface area contributed by atoms with Crippen LogP contribution >= 0.6 is 0 Å². The quantitative estimate of drug-likeness (QED) is 0.655. The fourth-order valence-corrected chi connectivity index (χ4v) is 1.64. The van der Waals surface area contributed by atoms with Crippen molar-refractivity contribution in [2.75, 3.05) is 0 Å². The first-order chi connectivity index (χ1) is 7.20. The molecule has 0 atom stereocenters. The molecule has 0 heterocycles. The van der Waals surface area contributed by atoms with E-state index in [0.717, 1.165) is 22.3 Å². The van der Waals surface area contributed by atoms with Gasteiger partial charge in [-0.3, -0.25) is 5.11 Å². The van der Waals surface area contributed by atoms with Gasteiger partial charge in [0.2, 0.25) is 0 Å². The van der Waals surface area contributed by atoms with Crippen molar-refractivity contribution in [2.24, 2.45) is 0 Å². The molecule has 0 aliphatic heterocycles. The molecule has 1 nitrogen and oxygen atoms in total. The van der Waals surface area contributed by atoms with Crippen LogP contribution in [0.4, 0.5) is 0 Å². The highest BCUT2D eigenvalue weighted by molar-refractivity contribution is 5.72. The van der Waals surface area contributed by atoms with Crippen LogP contribution in [-0.2, 0) is 5.11 Å². The summed E-state index contributed by atoms with van der Waals surface area (Å²) in [5.41, 5.74) is 3.68.